The van der Waals surface area contributed by atoms with Gasteiger partial charge in [0.25, 0.3) is 5.91 Å². The predicted octanol–water partition coefficient (Wildman–Crippen LogP) is -0.769. The number of anilines is 1. The topological polar surface area (TPSA) is 84.1 Å². The third kappa shape index (κ3) is 1.74. The average Bonchev–Trinajstić information content (AvgIpc) is 2.88. The van der Waals surface area contributed by atoms with Gasteiger partial charge in [-0.1, -0.05) is 0 Å². The summed E-state index contributed by atoms with van der Waals surface area (Å²) in [5, 5.41) is 3.38. The molecular weight excluding hydrogens is 218 g/mol. The summed E-state index contributed by atoms with van der Waals surface area (Å²) in [7, 11) is 0. The van der Waals surface area contributed by atoms with Crippen molar-refractivity contribution in [2.45, 2.75) is 0 Å². The van der Waals surface area contributed by atoms with Crippen molar-refractivity contribution < 1.29 is 4.79 Å². The van der Waals surface area contributed by atoms with Crippen molar-refractivity contribution >= 4 is 11.7 Å². The normalized spacial score (nSPS) is 27.2. The van der Waals surface area contributed by atoms with Gasteiger partial charge in [0, 0.05) is 38.6 Å². The zero-order valence-corrected chi connectivity index (χ0v) is 9.47. The summed E-state index contributed by atoms with van der Waals surface area (Å²) in [5.74, 6) is 1.42. The first-order valence-corrected chi connectivity index (χ1v) is 5.82. The second-order valence-electron chi connectivity index (χ2n) is 4.68. The molecule has 2 aliphatic heterocycles. The molecule has 0 saturated carbocycles. The molecule has 3 heterocycles. The summed E-state index contributed by atoms with van der Waals surface area (Å²) in [6.45, 7) is 3.95. The number of aromatic nitrogens is 2. The Kier molecular flexibility index (Phi) is 2.44. The zero-order chi connectivity index (χ0) is 11.8. The lowest BCUT2D eigenvalue weighted by atomic mass is 10.0. The molecule has 2 atom stereocenters. The van der Waals surface area contributed by atoms with E-state index in [2.05, 4.69) is 20.2 Å². The molecule has 2 fully saturated rings. The number of rotatable bonds is 2. The lowest BCUT2D eigenvalue weighted by molar-refractivity contribution is 0.0995. The zero-order valence-electron chi connectivity index (χ0n) is 9.47. The van der Waals surface area contributed by atoms with Crippen molar-refractivity contribution in [1.82, 2.24) is 15.3 Å². The lowest BCUT2D eigenvalue weighted by Crippen LogP contribution is -2.29. The molecule has 6 heteroatoms. The summed E-state index contributed by atoms with van der Waals surface area (Å²) >= 11 is 0. The Morgan fingerprint density at radius 1 is 1.29 bits per heavy atom. The molecule has 0 bridgehead atoms. The summed E-state index contributed by atoms with van der Waals surface area (Å²) in [6, 6.07) is 0. The summed E-state index contributed by atoms with van der Waals surface area (Å²) < 4.78 is 0. The molecule has 0 spiro atoms. The highest BCUT2D eigenvalue weighted by Crippen LogP contribution is 2.30. The SMILES string of the molecule is NC(=O)c1nccnc1N1C[C@H]2CNC[C@H]2C1. The van der Waals surface area contributed by atoms with Crippen molar-refractivity contribution in [3.05, 3.63) is 18.1 Å². The highest BCUT2D eigenvalue weighted by Gasteiger charge is 2.37. The molecule has 1 amide bonds. The van der Waals surface area contributed by atoms with Gasteiger partial charge in [-0.05, 0) is 11.8 Å². The Morgan fingerprint density at radius 3 is 2.59 bits per heavy atom. The molecule has 17 heavy (non-hydrogen) atoms. The molecule has 3 rings (SSSR count). The van der Waals surface area contributed by atoms with Gasteiger partial charge in [-0.25, -0.2) is 9.97 Å². The van der Waals surface area contributed by atoms with E-state index in [1.807, 2.05) is 0 Å². The maximum atomic E-state index is 11.3. The van der Waals surface area contributed by atoms with E-state index in [9.17, 15) is 4.79 Å². The highest BCUT2D eigenvalue weighted by atomic mass is 16.1. The second kappa shape index (κ2) is 3.96. The van der Waals surface area contributed by atoms with Crippen LogP contribution in [0.5, 0.6) is 0 Å². The molecule has 1 aromatic rings. The number of primary amides is 1. The van der Waals surface area contributed by atoms with Crippen LogP contribution in [0.1, 0.15) is 10.5 Å². The number of hydrogen-bond donors (Lipinski definition) is 2. The summed E-state index contributed by atoms with van der Waals surface area (Å²) in [6.07, 6.45) is 3.11. The van der Waals surface area contributed by atoms with Crippen molar-refractivity contribution in [3.63, 3.8) is 0 Å². The van der Waals surface area contributed by atoms with Gasteiger partial charge in [0.1, 0.15) is 0 Å². The number of nitrogens with two attached hydrogens (primary N) is 1. The van der Waals surface area contributed by atoms with Crippen LogP contribution >= 0.6 is 0 Å². The largest absolute Gasteiger partial charge is 0.364 e. The fraction of sp³-hybridized carbons (Fsp3) is 0.545. The third-order valence-electron chi connectivity index (χ3n) is 3.60. The predicted molar refractivity (Wildman–Crippen MR) is 62.6 cm³/mol. The van der Waals surface area contributed by atoms with Crippen LogP contribution in [0.15, 0.2) is 12.4 Å². The van der Waals surface area contributed by atoms with E-state index in [4.69, 9.17) is 5.73 Å². The van der Waals surface area contributed by atoms with Gasteiger partial charge < -0.3 is 16.0 Å². The van der Waals surface area contributed by atoms with E-state index in [-0.39, 0.29) is 5.69 Å². The van der Waals surface area contributed by atoms with Crippen LogP contribution in [-0.4, -0.2) is 42.1 Å². The molecular formula is C11H15N5O. The first kappa shape index (κ1) is 10.5. The van der Waals surface area contributed by atoms with Crippen molar-refractivity contribution in [1.29, 1.82) is 0 Å². The van der Waals surface area contributed by atoms with Gasteiger partial charge >= 0.3 is 0 Å². The number of hydrogen-bond acceptors (Lipinski definition) is 5. The fourth-order valence-corrected chi connectivity index (χ4v) is 2.76. The van der Waals surface area contributed by atoms with Gasteiger partial charge in [0.05, 0.1) is 0 Å². The number of carbonyl (C=O) groups is 1. The molecule has 1 aromatic heterocycles. The molecule has 90 valence electrons. The Balaban J connectivity index is 1.88. The van der Waals surface area contributed by atoms with Gasteiger partial charge in [0.15, 0.2) is 11.5 Å². The van der Waals surface area contributed by atoms with E-state index in [1.54, 1.807) is 6.20 Å². The Morgan fingerprint density at radius 2 is 1.94 bits per heavy atom. The molecule has 0 unspecified atom stereocenters. The van der Waals surface area contributed by atoms with Crippen LogP contribution in [0.4, 0.5) is 5.82 Å². The van der Waals surface area contributed by atoms with Gasteiger partial charge in [0.2, 0.25) is 0 Å². The number of carbonyl (C=O) groups excluding carboxylic acids is 1. The molecule has 0 aromatic carbocycles. The molecule has 2 saturated heterocycles. The molecule has 0 radical (unpaired) electrons. The van der Waals surface area contributed by atoms with Gasteiger partial charge in [-0.2, -0.15) is 0 Å². The van der Waals surface area contributed by atoms with Gasteiger partial charge in [-0.3, -0.25) is 4.79 Å². The lowest BCUT2D eigenvalue weighted by Gasteiger charge is -2.19. The first-order valence-electron chi connectivity index (χ1n) is 5.82. The number of nitrogens with one attached hydrogen (secondary N) is 1. The highest BCUT2D eigenvalue weighted by molar-refractivity contribution is 5.95. The Hall–Kier alpha value is -1.69. The smallest absolute Gasteiger partial charge is 0.271 e. The van der Waals surface area contributed by atoms with Crippen LogP contribution in [0.2, 0.25) is 0 Å². The Bertz CT molecular complexity index is 437. The molecule has 6 nitrogen and oxygen atoms in total. The van der Waals surface area contributed by atoms with Crippen molar-refractivity contribution in [2.24, 2.45) is 17.6 Å². The number of fused-ring (bicyclic) bond motifs is 1. The van der Waals surface area contributed by atoms with E-state index in [1.165, 1.54) is 6.20 Å². The minimum Gasteiger partial charge on any atom is -0.364 e. The molecule has 2 aliphatic rings. The average molecular weight is 233 g/mol. The van der Waals surface area contributed by atoms with Gasteiger partial charge in [-0.15, -0.1) is 0 Å². The quantitative estimate of drug-likeness (QED) is 0.701. The maximum Gasteiger partial charge on any atom is 0.271 e. The van der Waals surface area contributed by atoms with E-state index in [0.717, 1.165) is 26.2 Å². The second-order valence-corrected chi connectivity index (χ2v) is 4.68. The molecule has 0 aliphatic carbocycles. The van der Waals surface area contributed by atoms with E-state index in [0.29, 0.717) is 17.7 Å². The number of nitrogens with zero attached hydrogens (tertiary/aromatic N) is 3. The summed E-state index contributed by atoms with van der Waals surface area (Å²) in [5.41, 5.74) is 5.60. The Labute approximate surface area is 99.2 Å². The summed E-state index contributed by atoms with van der Waals surface area (Å²) in [4.78, 5) is 21.7. The van der Waals surface area contributed by atoms with Crippen LogP contribution < -0.4 is 16.0 Å². The van der Waals surface area contributed by atoms with E-state index < -0.39 is 5.91 Å². The van der Waals surface area contributed by atoms with Crippen LogP contribution in [0.3, 0.4) is 0 Å². The van der Waals surface area contributed by atoms with Crippen molar-refractivity contribution in [2.75, 3.05) is 31.1 Å². The minimum absolute atomic E-state index is 0.278. The maximum absolute atomic E-state index is 11.3. The standard InChI is InChI=1S/C11H15N5O/c12-10(17)9-11(15-2-1-14-9)16-5-7-3-13-4-8(7)6-16/h1-2,7-8,13H,3-6H2,(H2,12,17)/t7-,8+. The first-order chi connectivity index (χ1) is 8.25. The van der Waals surface area contributed by atoms with E-state index >= 15 is 0 Å². The monoisotopic (exact) mass is 233 g/mol. The van der Waals surface area contributed by atoms with Crippen LogP contribution in [-0.2, 0) is 0 Å². The third-order valence-corrected chi connectivity index (χ3v) is 3.60. The number of amides is 1. The van der Waals surface area contributed by atoms with Crippen LogP contribution in [0, 0.1) is 11.8 Å². The fourth-order valence-electron chi connectivity index (χ4n) is 2.76. The molecule has 3 N–H and O–H groups in total. The van der Waals surface area contributed by atoms with Crippen LogP contribution in [0.25, 0.3) is 0 Å². The minimum atomic E-state index is -0.511. The van der Waals surface area contributed by atoms with Crippen molar-refractivity contribution in [3.8, 4) is 0 Å².